The lowest BCUT2D eigenvalue weighted by atomic mass is 9.98. The molecule has 0 heterocycles. The molecule has 1 atom stereocenters. The van der Waals surface area contributed by atoms with E-state index in [4.69, 9.17) is 5.73 Å². The summed E-state index contributed by atoms with van der Waals surface area (Å²) < 4.78 is 0. The van der Waals surface area contributed by atoms with E-state index in [1.807, 2.05) is 25.1 Å². The van der Waals surface area contributed by atoms with Gasteiger partial charge in [-0.05, 0) is 24.0 Å². The molecular weight excluding hydrogens is 240 g/mol. The minimum absolute atomic E-state index is 0.112. The van der Waals surface area contributed by atoms with E-state index in [-0.39, 0.29) is 12.3 Å². The van der Waals surface area contributed by atoms with Gasteiger partial charge in [0, 0.05) is 18.0 Å². The summed E-state index contributed by atoms with van der Waals surface area (Å²) in [4.78, 5) is 22.9. The van der Waals surface area contributed by atoms with Gasteiger partial charge in [-0.25, -0.2) is 0 Å². The zero-order valence-corrected chi connectivity index (χ0v) is 12.0. The molecule has 0 aliphatic carbocycles. The lowest BCUT2D eigenvalue weighted by molar-refractivity contribution is -0.125. The van der Waals surface area contributed by atoms with Crippen molar-refractivity contribution >= 4 is 17.5 Å². The third kappa shape index (κ3) is 4.09. The molecule has 0 fully saturated rings. The Hall–Kier alpha value is -1.84. The Labute approximate surface area is 114 Å². The largest absolute Gasteiger partial charge is 0.369 e. The van der Waals surface area contributed by atoms with Crippen molar-refractivity contribution in [1.29, 1.82) is 0 Å². The number of primary amides is 1. The Morgan fingerprint density at radius 3 is 2.42 bits per heavy atom. The molecule has 4 nitrogen and oxygen atoms in total. The third-order valence-corrected chi connectivity index (χ3v) is 3.17. The maximum absolute atomic E-state index is 11.9. The lowest BCUT2D eigenvalue weighted by Crippen LogP contribution is -2.26. The number of nitrogens with two attached hydrogens (primary N) is 1. The lowest BCUT2D eigenvalue weighted by Gasteiger charge is -2.17. The minimum atomic E-state index is -0.455. The van der Waals surface area contributed by atoms with E-state index in [1.165, 1.54) is 0 Å². The van der Waals surface area contributed by atoms with Crippen molar-refractivity contribution in [1.82, 2.24) is 0 Å². The Kier molecular flexibility index (Phi) is 5.10. The molecule has 0 aliphatic heterocycles. The van der Waals surface area contributed by atoms with E-state index in [2.05, 4.69) is 19.2 Å². The third-order valence-electron chi connectivity index (χ3n) is 3.17. The summed E-state index contributed by atoms with van der Waals surface area (Å²) in [5, 5.41) is 2.90. The predicted octanol–water partition coefficient (Wildman–Crippen LogP) is 2.57. The number of para-hydroxylation sites is 1. The van der Waals surface area contributed by atoms with E-state index in [9.17, 15) is 9.59 Å². The average Bonchev–Trinajstić information content (AvgIpc) is 2.31. The van der Waals surface area contributed by atoms with Crippen molar-refractivity contribution in [3.63, 3.8) is 0 Å². The number of anilines is 1. The molecular formula is C15H22N2O2. The van der Waals surface area contributed by atoms with Crippen LogP contribution in [-0.4, -0.2) is 11.8 Å². The van der Waals surface area contributed by atoms with Crippen LogP contribution >= 0.6 is 0 Å². The fourth-order valence-corrected chi connectivity index (χ4v) is 1.91. The first-order valence-electron chi connectivity index (χ1n) is 6.51. The summed E-state index contributed by atoms with van der Waals surface area (Å²) in [5.74, 6) is -0.762. The molecule has 4 heteroatoms. The Bertz CT molecular complexity index is 481. The van der Waals surface area contributed by atoms with E-state index >= 15 is 0 Å². The fraction of sp³-hybridized carbons (Fsp3) is 0.467. The van der Waals surface area contributed by atoms with E-state index in [0.717, 1.165) is 16.8 Å². The number of rotatable bonds is 5. The Morgan fingerprint density at radius 1 is 1.26 bits per heavy atom. The van der Waals surface area contributed by atoms with Gasteiger partial charge in [0.25, 0.3) is 0 Å². The topological polar surface area (TPSA) is 72.2 Å². The number of hydrogen-bond acceptors (Lipinski definition) is 2. The van der Waals surface area contributed by atoms with Crippen LogP contribution in [0.4, 0.5) is 5.69 Å². The van der Waals surface area contributed by atoms with Crippen LogP contribution in [0, 0.1) is 12.8 Å². The van der Waals surface area contributed by atoms with Crippen molar-refractivity contribution in [2.75, 3.05) is 5.32 Å². The van der Waals surface area contributed by atoms with Crippen molar-refractivity contribution in [3.05, 3.63) is 29.3 Å². The second-order valence-corrected chi connectivity index (χ2v) is 5.25. The van der Waals surface area contributed by atoms with Crippen molar-refractivity contribution in [2.24, 2.45) is 11.7 Å². The van der Waals surface area contributed by atoms with Gasteiger partial charge in [-0.15, -0.1) is 0 Å². The molecule has 3 N–H and O–H groups in total. The van der Waals surface area contributed by atoms with E-state index in [0.29, 0.717) is 5.92 Å². The molecule has 104 valence electrons. The number of hydrogen-bond donors (Lipinski definition) is 2. The first-order valence-corrected chi connectivity index (χ1v) is 6.51. The maximum Gasteiger partial charge on any atom is 0.225 e. The number of benzene rings is 1. The van der Waals surface area contributed by atoms with Crippen LogP contribution in [-0.2, 0) is 9.59 Å². The van der Waals surface area contributed by atoms with Gasteiger partial charge in [-0.3, -0.25) is 9.59 Å². The van der Waals surface area contributed by atoms with E-state index in [1.54, 1.807) is 6.92 Å². The highest BCUT2D eigenvalue weighted by Crippen LogP contribution is 2.27. The molecule has 1 aromatic rings. The molecule has 0 bridgehead atoms. The highest BCUT2D eigenvalue weighted by atomic mass is 16.2. The van der Waals surface area contributed by atoms with Gasteiger partial charge in [0.15, 0.2) is 0 Å². The molecule has 0 aromatic heterocycles. The van der Waals surface area contributed by atoms with Crippen LogP contribution < -0.4 is 11.1 Å². The quantitative estimate of drug-likeness (QED) is 0.856. The molecule has 0 spiro atoms. The van der Waals surface area contributed by atoms with E-state index < -0.39 is 11.8 Å². The van der Waals surface area contributed by atoms with Crippen LogP contribution in [0.3, 0.4) is 0 Å². The molecule has 2 amide bonds. The highest BCUT2D eigenvalue weighted by molar-refractivity contribution is 5.95. The van der Waals surface area contributed by atoms with Crippen LogP contribution in [0.25, 0.3) is 0 Å². The van der Waals surface area contributed by atoms with Gasteiger partial charge in [-0.1, -0.05) is 39.0 Å². The zero-order chi connectivity index (χ0) is 14.6. The monoisotopic (exact) mass is 262 g/mol. The number of carbonyl (C=O) groups excluding carboxylic acids is 2. The number of carbonyl (C=O) groups is 2. The van der Waals surface area contributed by atoms with Crippen LogP contribution in [0.2, 0.25) is 0 Å². The summed E-state index contributed by atoms with van der Waals surface area (Å²) in [5.41, 5.74) is 8.13. The van der Waals surface area contributed by atoms with Gasteiger partial charge in [0.05, 0.1) is 0 Å². The molecule has 1 unspecified atom stereocenters. The van der Waals surface area contributed by atoms with Gasteiger partial charge in [0.1, 0.15) is 0 Å². The maximum atomic E-state index is 11.9. The van der Waals surface area contributed by atoms with Gasteiger partial charge < -0.3 is 11.1 Å². The van der Waals surface area contributed by atoms with Gasteiger partial charge in [0.2, 0.25) is 11.8 Å². The van der Waals surface area contributed by atoms with Crippen LogP contribution in [0.5, 0.6) is 0 Å². The molecule has 0 radical (unpaired) electrons. The molecule has 0 aliphatic rings. The summed E-state index contributed by atoms with van der Waals surface area (Å²) >= 11 is 0. The SMILES string of the molecule is Cc1cccc(C(C)C)c1NC(=O)CC(C)C(N)=O. The summed E-state index contributed by atoms with van der Waals surface area (Å²) in [7, 11) is 0. The summed E-state index contributed by atoms with van der Waals surface area (Å²) in [6.07, 6.45) is 0.112. The fourth-order valence-electron chi connectivity index (χ4n) is 1.91. The Morgan fingerprint density at radius 2 is 1.89 bits per heavy atom. The van der Waals surface area contributed by atoms with Gasteiger partial charge >= 0.3 is 0 Å². The van der Waals surface area contributed by atoms with Gasteiger partial charge in [-0.2, -0.15) is 0 Å². The van der Waals surface area contributed by atoms with Crippen molar-refractivity contribution < 1.29 is 9.59 Å². The standard InChI is InChI=1S/C15H22N2O2/c1-9(2)12-7-5-6-10(3)14(12)17-13(18)8-11(4)15(16)19/h5-7,9,11H,8H2,1-4H3,(H2,16,19)(H,17,18). The normalized spacial score (nSPS) is 12.3. The number of nitrogens with one attached hydrogen (secondary N) is 1. The minimum Gasteiger partial charge on any atom is -0.369 e. The molecule has 0 saturated carbocycles. The second-order valence-electron chi connectivity index (χ2n) is 5.25. The summed E-state index contributed by atoms with van der Waals surface area (Å²) in [6, 6.07) is 5.94. The van der Waals surface area contributed by atoms with Crippen LogP contribution in [0.15, 0.2) is 18.2 Å². The first-order chi connectivity index (χ1) is 8.82. The van der Waals surface area contributed by atoms with Crippen LogP contribution in [0.1, 0.15) is 44.2 Å². The zero-order valence-electron chi connectivity index (χ0n) is 12.0. The molecule has 0 saturated heterocycles. The molecule has 1 aromatic carbocycles. The number of aryl methyl sites for hydroxylation is 1. The second kappa shape index (κ2) is 6.36. The molecule has 19 heavy (non-hydrogen) atoms. The Balaban J connectivity index is 2.87. The highest BCUT2D eigenvalue weighted by Gasteiger charge is 2.16. The van der Waals surface area contributed by atoms with Crippen molar-refractivity contribution in [3.8, 4) is 0 Å². The average molecular weight is 262 g/mol. The predicted molar refractivity (Wildman–Crippen MR) is 76.9 cm³/mol. The summed E-state index contributed by atoms with van der Waals surface area (Å²) in [6.45, 7) is 7.77. The molecule has 1 rings (SSSR count). The van der Waals surface area contributed by atoms with Crippen molar-refractivity contribution in [2.45, 2.75) is 40.0 Å². The first kappa shape index (κ1) is 15.2. The smallest absolute Gasteiger partial charge is 0.225 e. The number of amides is 2.